The summed E-state index contributed by atoms with van der Waals surface area (Å²) in [6.07, 6.45) is 0.818. The van der Waals surface area contributed by atoms with Crippen molar-refractivity contribution in [2.45, 2.75) is 19.9 Å². The Morgan fingerprint density at radius 2 is 2.21 bits per heavy atom. The second kappa shape index (κ2) is 7.14. The summed E-state index contributed by atoms with van der Waals surface area (Å²) < 4.78 is 0.978. The largest absolute Gasteiger partial charge is 0.342 e. The Bertz CT molecular complexity index is 787. The van der Waals surface area contributed by atoms with Crippen molar-refractivity contribution in [3.05, 3.63) is 45.2 Å². The van der Waals surface area contributed by atoms with Gasteiger partial charge < -0.3 is 16.0 Å². The van der Waals surface area contributed by atoms with Crippen LogP contribution in [-0.4, -0.2) is 35.1 Å². The van der Waals surface area contributed by atoms with E-state index in [2.05, 4.69) is 42.1 Å². The quantitative estimate of drug-likeness (QED) is 0.634. The summed E-state index contributed by atoms with van der Waals surface area (Å²) in [5.74, 6) is -0.633. The average molecular weight is 392 g/mol. The maximum atomic E-state index is 12.2. The molecule has 1 aromatic carbocycles. The highest BCUT2D eigenvalue weighted by molar-refractivity contribution is 9.10. The molecule has 2 aromatic rings. The number of benzene rings is 1. The van der Waals surface area contributed by atoms with Crippen LogP contribution in [0.25, 0.3) is 0 Å². The van der Waals surface area contributed by atoms with E-state index in [-0.39, 0.29) is 18.4 Å². The van der Waals surface area contributed by atoms with Gasteiger partial charge in [0.05, 0.1) is 6.54 Å². The number of carbonyl (C=O) groups excluding carboxylic acids is 2. The molecule has 4 N–H and O–H groups in total. The molecule has 0 aliphatic carbocycles. The number of hydrogen-bond acceptors (Lipinski definition) is 4. The fourth-order valence-electron chi connectivity index (χ4n) is 2.58. The molecular weight excluding hydrogens is 374 g/mol. The van der Waals surface area contributed by atoms with Gasteiger partial charge in [-0.3, -0.25) is 14.7 Å². The number of aromatic amines is 1. The van der Waals surface area contributed by atoms with Crippen LogP contribution in [0.15, 0.2) is 22.7 Å². The van der Waals surface area contributed by atoms with Gasteiger partial charge >= 0.3 is 0 Å². The molecule has 7 nitrogen and oxygen atoms in total. The molecular formula is C16H18BrN5O2. The number of carbonyl (C=O) groups is 2. The van der Waals surface area contributed by atoms with E-state index in [0.29, 0.717) is 17.9 Å². The maximum Gasteiger partial charge on any atom is 0.272 e. The molecule has 0 saturated heterocycles. The number of aromatic nitrogens is 2. The molecule has 0 radical (unpaired) electrons. The number of rotatable bonds is 4. The van der Waals surface area contributed by atoms with Crippen LogP contribution < -0.4 is 16.0 Å². The van der Waals surface area contributed by atoms with Gasteiger partial charge in [-0.25, -0.2) is 0 Å². The van der Waals surface area contributed by atoms with Gasteiger partial charge in [-0.05, 0) is 30.7 Å². The zero-order chi connectivity index (χ0) is 17.1. The van der Waals surface area contributed by atoms with Gasteiger partial charge in [-0.1, -0.05) is 15.9 Å². The van der Waals surface area contributed by atoms with Gasteiger partial charge in [0.15, 0.2) is 5.69 Å². The third kappa shape index (κ3) is 3.65. The minimum absolute atomic E-state index is 0.108. The van der Waals surface area contributed by atoms with Crippen LogP contribution in [0.4, 0.5) is 5.69 Å². The number of nitrogens with one attached hydrogen (secondary N) is 4. The van der Waals surface area contributed by atoms with Crippen LogP contribution >= 0.6 is 15.9 Å². The van der Waals surface area contributed by atoms with Gasteiger partial charge in [0.2, 0.25) is 5.91 Å². The Kier molecular flexibility index (Phi) is 4.96. The van der Waals surface area contributed by atoms with Crippen molar-refractivity contribution in [2.24, 2.45) is 0 Å². The normalized spacial score (nSPS) is 13.2. The summed E-state index contributed by atoms with van der Waals surface area (Å²) in [6.45, 7) is 3.31. The number of nitrogens with zero attached hydrogens (tertiary/aromatic N) is 1. The summed E-state index contributed by atoms with van der Waals surface area (Å²) in [5, 5.41) is 15.5. The molecule has 3 rings (SSSR count). The molecule has 0 fully saturated rings. The molecule has 0 spiro atoms. The highest BCUT2D eigenvalue weighted by Crippen LogP contribution is 2.20. The van der Waals surface area contributed by atoms with Gasteiger partial charge in [0.1, 0.15) is 0 Å². The molecule has 1 aliphatic rings. The van der Waals surface area contributed by atoms with Crippen LogP contribution in [-0.2, 0) is 17.8 Å². The lowest BCUT2D eigenvalue weighted by molar-refractivity contribution is -0.115. The maximum absolute atomic E-state index is 12.2. The summed E-state index contributed by atoms with van der Waals surface area (Å²) in [5.41, 5.74) is 3.92. The summed E-state index contributed by atoms with van der Waals surface area (Å²) in [7, 11) is 0. The van der Waals surface area contributed by atoms with Crippen LogP contribution in [0.5, 0.6) is 0 Å². The first kappa shape index (κ1) is 16.7. The zero-order valence-corrected chi connectivity index (χ0v) is 14.8. The van der Waals surface area contributed by atoms with Crippen molar-refractivity contribution >= 4 is 33.4 Å². The van der Waals surface area contributed by atoms with Gasteiger partial charge in [-0.2, -0.15) is 5.10 Å². The Labute approximate surface area is 147 Å². The van der Waals surface area contributed by atoms with Crippen LogP contribution in [0.3, 0.4) is 0 Å². The lowest BCUT2D eigenvalue weighted by atomic mass is 10.1. The number of hydrogen-bond donors (Lipinski definition) is 4. The molecule has 1 aromatic heterocycles. The van der Waals surface area contributed by atoms with E-state index in [9.17, 15) is 9.59 Å². The Morgan fingerprint density at radius 3 is 3.00 bits per heavy atom. The van der Waals surface area contributed by atoms with Crippen molar-refractivity contribution < 1.29 is 9.59 Å². The van der Waals surface area contributed by atoms with E-state index in [0.717, 1.165) is 34.3 Å². The van der Waals surface area contributed by atoms with E-state index in [4.69, 9.17) is 0 Å². The molecule has 0 unspecified atom stereocenters. The van der Waals surface area contributed by atoms with Crippen molar-refractivity contribution in [2.75, 3.05) is 18.4 Å². The number of aryl methyl sites for hydroxylation is 1. The first-order chi connectivity index (χ1) is 11.5. The van der Waals surface area contributed by atoms with Crippen LogP contribution in [0.1, 0.15) is 27.3 Å². The highest BCUT2D eigenvalue weighted by Gasteiger charge is 2.21. The van der Waals surface area contributed by atoms with Crippen LogP contribution in [0.2, 0.25) is 0 Å². The summed E-state index contributed by atoms with van der Waals surface area (Å²) >= 11 is 3.41. The standard InChI is InChI=1S/C16H18BrN5O2/c1-9-6-10(2-3-12(9)17)20-14(23)8-19-16(24)15-11-7-18-5-4-13(11)21-22-15/h2-3,6,18H,4-5,7-8H2,1H3,(H,19,24)(H,20,23)(H,21,22). The minimum atomic E-state index is -0.349. The number of amides is 2. The molecule has 0 bridgehead atoms. The molecule has 24 heavy (non-hydrogen) atoms. The topological polar surface area (TPSA) is 98.9 Å². The summed E-state index contributed by atoms with van der Waals surface area (Å²) in [6, 6.07) is 5.53. The number of H-pyrrole nitrogens is 1. The first-order valence-electron chi connectivity index (χ1n) is 7.65. The van der Waals surface area contributed by atoms with Gasteiger partial charge in [0, 0.05) is 40.9 Å². The number of anilines is 1. The molecule has 2 amide bonds. The lowest BCUT2D eigenvalue weighted by Gasteiger charge is -2.13. The van der Waals surface area contributed by atoms with Crippen molar-refractivity contribution in [3.63, 3.8) is 0 Å². The highest BCUT2D eigenvalue weighted by atomic mass is 79.9. The van der Waals surface area contributed by atoms with E-state index < -0.39 is 0 Å². The Morgan fingerprint density at radius 1 is 1.38 bits per heavy atom. The van der Waals surface area contributed by atoms with Crippen LogP contribution in [0, 0.1) is 6.92 Å². The van der Waals surface area contributed by atoms with E-state index in [1.54, 1.807) is 6.07 Å². The SMILES string of the molecule is Cc1cc(NC(=O)CNC(=O)c2n[nH]c3c2CNCC3)ccc1Br. The average Bonchev–Trinajstić information content (AvgIpc) is 3.00. The number of halogens is 1. The zero-order valence-electron chi connectivity index (χ0n) is 13.2. The predicted octanol–water partition coefficient (Wildman–Crippen LogP) is 1.49. The molecule has 1 aliphatic heterocycles. The van der Waals surface area contributed by atoms with Gasteiger partial charge in [0.25, 0.3) is 5.91 Å². The third-order valence-electron chi connectivity index (χ3n) is 3.87. The Balaban J connectivity index is 1.57. The monoisotopic (exact) mass is 391 g/mol. The molecule has 2 heterocycles. The lowest BCUT2D eigenvalue weighted by Crippen LogP contribution is -2.34. The Hall–Kier alpha value is -2.19. The second-order valence-corrected chi connectivity index (χ2v) is 6.51. The molecule has 8 heteroatoms. The fourth-order valence-corrected chi connectivity index (χ4v) is 2.83. The molecule has 0 saturated carbocycles. The van der Waals surface area contributed by atoms with Crippen molar-refractivity contribution in [1.82, 2.24) is 20.8 Å². The van der Waals surface area contributed by atoms with E-state index in [1.165, 1.54) is 0 Å². The third-order valence-corrected chi connectivity index (χ3v) is 4.76. The predicted molar refractivity (Wildman–Crippen MR) is 93.8 cm³/mol. The van der Waals surface area contributed by atoms with E-state index in [1.807, 2.05) is 19.1 Å². The van der Waals surface area contributed by atoms with E-state index >= 15 is 0 Å². The number of fused-ring (bicyclic) bond motifs is 1. The minimum Gasteiger partial charge on any atom is -0.342 e. The fraction of sp³-hybridized carbons (Fsp3) is 0.312. The van der Waals surface area contributed by atoms with Crippen molar-refractivity contribution in [1.29, 1.82) is 0 Å². The molecule has 126 valence electrons. The molecule has 0 atom stereocenters. The van der Waals surface area contributed by atoms with Crippen molar-refractivity contribution in [3.8, 4) is 0 Å². The second-order valence-electron chi connectivity index (χ2n) is 5.65. The smallest absolute Gasteiger partial charge is 0.272 e. The first-order valence-corrected chi connectivity index (χ1v) is 8.45. The summed E-state index contributed by atoms with van der Waals surface area (Å²) in [4.78, 5) is 24.2. The van der Waals surface area contributed by atoms with Gasteiger partial charge in [-0.15, -0.1) is 0 Å².